The average Bonchev–Trinajstić information content (AvgIpc) is 3.03. The molecule has 1 saturated heterocycles. The molecule has 24 heavy (non-hydrogen) atoms. The lowest BCUT2D eigenvalue weighted by Crippen LogP contribution is -2.44. The van der Waals surface area contributed by atoms with Gasteiger partial charge in [-0.2, -0.15) is 13.2 Å². The van der Waals surface area contributed by atoms with E-state index in [0.717, 1.165) is 33.0 Å². The molecule has 0 N–H and O–H groups in total. The fraction of sp³-hybridized carbons (Fsp3) is 0.533. The molecule has 0 aliphatic carbocycles. The van der Waals surface area contributed by atoms with Crippen LogP contribution in [0.1, 0.15) is 24.4 Å². The third kappa shape index (κ3) is 4.22. The molecule has 1 atom stereocenters. The molecule has 0 saturated carbocycles. The molecule has 9 heteroatoms. The van der Waals surface area contributed by atoms with Gasteiger partial charge in [-0.1, -0.05) is 12.1 Å². The molecular formula is C15H18F3N3O3. The van der Waals surface area contributed by atoms with Crippen LogP contribution < -0.4 is 0 Å². The van der Waals surface area contributed by atoms with Crippen LogP contribution in [0.2, 0.25) is 0 Å². The zero-order valence-electron chi connectivity index (χ0n) is 13.1. The number of halogens is 3. The van der Waals surface area contributed by atoms with Gasteiger partial charge in [0.2, 0.25) is 0 Å². The molecule has 2 rings (SSSR count). The second kappa shape index (κ2) is 7.16. The first-order valence-corrected chi connectivity index (χ1v) is 7.51. The summed E-state index contributed by atoms with van der Waals surface area (Å²) in [5.41, 5.74) is 0.288. The molecule has 1 heterocycles. The summed E-state index contributed by atoms with van der Waals surface area (Å²) < 4.78 is 38.3. The Bertz CT molecular complexity index is 598. The molecule has 0 aromatic heterocycles. The molecule has 1 aromatic rings. The normalized spacial score (nSPS) is 16.8. The molecule has 0 spiro atoms. The van der Waals surface area contributed by atoms with E-state index < -0.39 is 23.0 Å². The van der Waals surface area contributed by atoms with Gasteiger partial charge >= 0.3 is 12.1 Å². The van der Waals surface area contributed by atoms with Crippen molar-refractivity contribution in [2.24, 2.45) is 0 Å². The number of hydrogen-bond donors (Lipinski definition) is 0. The van der Waals surface area contributed by atoms with Crippen LogP contribution in [0.4, 0.5) is 18.9 Å². The molecule has 1 aliphatic heterocycles. The van der Waals surface area contributed by atoms with Crippen molar-refractivity contribution in [2.45, 2.75) is 25.1 Å². The molecule has 0 bridgehead atoms. The Kier molecular flexibility index (Phi) is 5.43. The quantitative estimate of drug-likeness (QED) is 0.608. The van der Waals surface area contributed by atoms with Crippen LogP contribution in [-0.4, -0.2) is 53.5 Å². The van der Waals surface area contributed by atoms with Gasteiger partial charge in [0, 0.05) is 25.7 Å². The molecule has 1 fully saturated rings. The van der Waals surface area contributed by atoms with E-state index in [2.05, 4.69) is 0 Å². The number of nitro benzene ring substituents is 1. The molecule has 6 nitrogen and oxygen atoms in total. The minimum atomic E-state index is -4.96. The van der Waals surface area contributed by atoms with Gasteiger partial charge in [0.15, 0.2) is 0 Å². The first-order valence-electron chi connectivity index (χ1n) is 7.51. The van der Waals surface area contributed by atoms with E-state index >= 15 is 0 Å². The minimum Gasteiger partial charge on any atom is -0.330 e. The Balaban J connectivity index is 2.27. The van der Waals surface area contributed by atoms with Crippen molar-refractivity contribution in [3.8, 4) is 0 Å². The maximum Gasteiger partial charge on any atom is 0.471 e. The smallest absolute Gasteiger partial charge is 0.330 e. The molecule has 132 valence electrons. The van der Waals surface area contributed by atoms with Crippen molar-refractivity contribution in [2.75, 3.05) is 26.7 Å². The van der Waals surface area contributed by atoms with Crippen molar-refractivity contribution < 1.29 is 22.9 Å². The Hall–Kier alpha value is -2.16. The lowest BCUT2D eigenvalue weighted by atomic mass is 10.0. The predicted octanol–water partition coefficient (Wildman–Crippen LogP) is 2.75. The summed E-state index contributed by atoms with van der Waals surface area (Å²) in [6, 6.07) is 4.45. The standard InChI is InChI=1S/C15H18F3N3O3/c1-19(14(22)15(16,17)18)13(10-20-8-2-3-9-20)11-4-6-12(7-5-11)21(23)24/h4-7,13H,2-3,8-10H2,1H3/t13-/m1/s1. The van der Waals surface area contributed by atoms with Gasteiger partial charge in [-0.15, -0.1) is 0 Å². The van der Waals surface area contributed by atoms with Gasteiger partial charge in [0.25, 0.3) is 5.69 Å². The van der Waals surface area contributed by atoms with E-state index in [9.17, 15) is 28.1 Å². The van der Waals surface area contributed by atoms with Crippen molar-refractivity contribution in [1.29, 1.82) is 0 Å². The third-order valence-corrected chi connectivity index (χ3v) is 4.15. The lowest BCUT2D eigenvalue weighted by molar-refractivity contribution is -0.384. The van der Waals surface area contributed by atoms with Crippen LogP contribution in [0.5, 0.6) is 0 Å². The number of rotatable bonds is 5. The van der Waals surface area contributed by atoms with Crippen molar-refractivity contribution in [1.82, 2.24) is 9.80 Å². The summed E-state index contributed by atoms with van der Waals surface area (Å²) in [5.74, 6) is -1.93. The van der Waals surface area contributed by atoms with Gasteiger partial charge < -0.3 is 9.80 Å². The average molecular weight is 345 g/mol. The number of non-ortho nitro benzene ring substituents is 1. The number of likely N-dealkylation sites (tertiary alicyclic amines) is 1. The van der Waals surface area contributed by atoms with E-state index in [0.29, 0.717) is 10.5 Å². The Morgan fingerprint density at radius 1 is 1.29 bits per heavy atom. The van der Waals surface area contributed by atoms with E-state index in [4.69, 9.17) is 0 Å². The third-order valence-electron chi connectivity index (χ3n) is 4.15. The molecule has 0 radical (unpaired) electrons. The number of nitrogens with zero attached hydrogens (tertiary/aromatic N) is 3. The number of alkyl halides is 3. The number of nitro groups is 1. The Morgan fingerprint density at radius 2 is 1.83 bits per heavy atom. The SMILES string of the molecule is CN(C(=O)C(F)(F)F)[C@H](CN1CCCC1)c1ccc([N+](=O)[O-])cc1. The maximum absolute atomic E-state index is 12.8. The zero-order chi connectivity index (χ0) is 17.9. The van der Waals surface area contributed by atoms with Crippen LogP contribution in [0.15, 0.2) is 24.3 Å². The lowest BCUT2D eigenvalue weighted by Gasteiger charge is -2.32. The van der Waals surface area contributed by atoms with Gasteiger partial charge in [-0.05, 0) is 31.5 Å². The van der Waals surface area contributed by atoms with E-state index in [-0.39, 0.29) is 12.2 Å². The van der Waals surface area contributed by atoms with Crippen LogP contribution in [-0.2, 0) is 4.79 Å². The Morgan fingerprint density at radius 3 is 2.29 bits per heavy atom. The highest BCUT2D eigenvalue weighted by Crippen LogP contribution is 2.28. The fourth-order valence-electron chi connectivity index (χ4n) is 2.82. The molecule has 1 aliphatic rings. The van der Waals surface area contributed by atoms with Gasteiger partial charge in [-0.25, -0.2) is 0 Å². The highest BCUT2D eigenvalue weighted by atomic mass is 19.4. The summed E-state index contributed by atoms with van der Waals surface area (Å²) in [7, 11) is 1.11. The highest BCUT2D eigenvalue weighted by Gasteiger charge is 2.43. The highest BCUT2D eigenvalue weighted by molar-refractivity contribution is 5.82. The van der Waals surface area contributed by atoms with E-state index in [1.54, 1.807) is 0 Å². The summed E-state index contributed by atoms with van der Waals surface area (Å²) in [6.07, 6.45) is -3.04. The van der Waals surface area contributed by atoms with Crippen LogP contribution in [0.25, 0.3) is 0 Å². The monoisotopic (exact) mass is 345 g/mol. The fourth-order valence-corrected chi connectivity index (χ4v) is 2.82. The summed E-state index contributed by atoms with van der Waals surface area (Å²) >= 11 is 0. The molecule has 1 aromatic carbocycles. The first-order chi connectivity index (χ1) is 11.2. The molecule has 0 unspecified atom stereocenters. The minimum absolute atomic E-state index is 0.150. The number of hydrogen-bond acceptors (Lipinski definition) is 4. The number of benzene rings is 1. The number of amides is 1. The first kappa shape index (κ1) is 18.2. The topological polar surface area (TPSA) is 66.7 Å². The largest absolute Gasteiger partial charge is 0.471 e. The Labute approximate surface area is 137 Å². The zero-order valence-corrected chi connectivity index (χ0v) is 13.1. The second-order valence-corrected chi connectivity index (χ2v) is 5.79. The van der Waals surface area contributed by atoms with Crippen LogP contribution in [0.3, 0.4) is 0 Å². The van der Waals surface area contributed by atoms with Gasteiger partial charge in [0.1, 0.15) is 0 Å². The van der Waals surface area contributed by atoms with E-state index in [1.807, 2.05) is 4.90 Å². The summed E-state index contributed by atoms with van der Waals surface area (Å²) in [4.78, 5) is 24.4. The molecular weight excluding hydrogens is 327 g/mol. The number of likely N-dealkylation sites (N-methyl/N-ethyl adjacent to an activating group) is 1. The summed E-state index contributed by atoms with van der Waals surface area (Å²) in [6.45, 7) is 1.78. The van der Waals surface area contributed by atoms with E-state index in [1.165, 1.54) is 24.3 Å². The van der Waals surface area contributed by atoms with Crippen molar-refractivity contribution in [3.05, 3.63) is 39.9 Å². The van der Waals surface area contributed by atoms with Crippen LogP contribution >= 0.6 is 0 Å². The predicted molar refractivity (Wildman–Crippen MR) is 80.3 cm³/mol. The number of carbonyl (C=O) groups excluding carboxylic acids is 1. The molecule has 1 amide bonds. The van der Waals surface area contributed by atoms with Crippen molar-refractivity contribution >= 4 is 11.6 Å². The summed E-state index contributed by atoms with van der Waals surface area (Å²) in [5, 5.41) is 10.7. The maximum atomic E-state index is 12.8. The van der Waals surface area contributed by atoms with Gasteiger partial charge in [0.05, 0.1) is 11.0 Å². The van der Waals surface area contributed by atoms with Gasteiger partial charge in [-0.3, -0.25) is 14.9 Å². The van der Waals surface area contributed by atoms with Crippen LogP contribution in [0, 0.1) is 10.1 Å². The van der Waals surface area contributed by atoms with Crippen molar-refractivity contribution in [3.63, 3.8) is 0 Å². The number of carbonyl (C=O) groups is 1. The second-order valence-electron chi connectivity index (χ2n) is 5.79.